The van der Waals surface area contributed by atoms with Gasteiger partial charge in [0.05, 0.1) is 10.8 Å². The average molecular weight is 327 g/mol. The number of hydrogen-bond donors (Lipinski definition) is 0. The van der Waals surface area contributed by atoms with Gasteiger partial charge in [-0.05, 0) is 29.9 Å². The van der Waals surface area contributed by atoms with Crippen LogP contribution in [0.4, 0.5) is 0 Å². The van der Waals surface area contributed by atoms with Crippen molar-refractivity contribution in [2.75, 3.05) is 11.5 Å². The van der Waals surface area contributed by atoms with Gasteiger partial charge >= 0.3 is 0 Å². The highest BCUT2D eigenvalue weighted by atomic mass is 35.7. The summed E-state index contributed by atoms with van der Waals surface area (Å²) in [4.78, 5) is 0. The van der Waals surface area contributed by atoms with Crippen LogP contribution in [0.1, 0.15) is 12.0 Å². The van der Waals surface area contributed by atoms with Crippen LogP contribution >= 0.6 is 34.0 Å². The molecule has 3 nitrogen and oxygen atoms in total. The average Bonchev–Trinajstić information content (AvgIpc) is 2.72. The molecule has 0 aliphatic carbocycles. The molecule has 2 rings (SSSR count). The van der Waals surface area contributed by atoms with Crippen molar-refractivity contribution in [1.29, 1.82) is 0 Å². The van der Waals surface area contributed by atoms with Crippen molar-refractivity contribution in [3.8, 4) is 5.75 Å². The summed E-state index contributed by atoms with van der Waals surface area (Å²) in [6.45, 7) is 0. The fourth-order valence-electron chi connectivity index (χ4n) is 1.71. The van der Waals surface area contributed by atoms with Crippen LogP contribution in [-0.4, -0.2) is 26.0 Å². The molecule has 1 fully saturated rings. The zero-order valence-corrected chi connectivity index (χ0v) is 12.6. The minimum Gasteiger partial charge on any atom is -0.488 e. The lowest BCUT2D eigenvalue weighted by molar-refractivity contribution is 0.229. The Morgan fingerprint density at radius 1 is 1.44 bits per heavy atom. The van der Waals surface area contributed by atoms with Gasteiger partial charge in [0.15, 0.2) is 0 Å². The second kappa shape index (κ2) is 5.90. The minimum absolute atomic E-state index is 0.190. The molecule has 0 saturated carbocycles. The Hall–Kier alpha value is -0.100. The molecule has 0 spiro atoms. The molecule has 18 heavy (non-hydrogen) atoms. The predicted molar refractivity (Wildman–Crippen MR) is 76.3 cm³/mol. The van der Waals surface area contributed by atoms with Gasteiger partial charge in [-0.1, -0.05) is 17.7 Å². The summed E-state index contributed by atoms with van der Waals surface area (Å²) < 4.78 is 27.7. The smallest absolute Gasteiger partial charge is 0.236 e. The molecule has 1 aromatic rings. The van der Waals surface area contributed by atoms with Crippen molar-refractivity contribution in [1.82, 2.24) is 0 Å². The maximum atomic E-state index is 11.0. The highest BCUT2D eigenvalue weighted by Crippen LogP contribution is 2.30. The summed E-state index contributed by atoms with van der Waals surface area (Å²) in [7, 11) is 1.63. The molecule has 0 radical (unpaired) electrons. The van der Waals surface area contributed by atoms with Crippen LogP contribution in [0.25, 0.3) is 0 Å². The maximum absolute atomic E-state index is 11.0. The molecule has 1 heterocycles. The topological polar surface area (TPSA) is 43.4 Å². The van der Waals surface area contributed by atoms with Gasteiger partial charge in [-0.2, -0.15) is 11.8 Å². The van der Waals surface area contributed by atoms with Gasteiger partial charge in [-0.25, -0.2) is 8.42 Å². The third-order valence-corrected chi connectivity index (χ3v) is 4.95. The zero-order chi connectivity index (χ0) is 13.2. The van der Waals surface area contributed by atoms with E-state index < -0.39 is 9.05 Å². The van der Waals surface area contributed by atoms with Gasteiger partial charge in [0.25, 0.3) is 0 Å². The Balaban J connectivity index is 2.09. The summed E-state index contributed by atoms with van der Waals surface area (Å²) in [5, 5.41) is 0.421. The third kappa shape index (κ3) is 4.23. The maximum Gasteiger partial charge on any atom is 0.236 e. The van der Waals surface area contributed by atoms with E-state index >= 15 is 0 Å². The number of ether oxygens (including phenoxy) is 1. The fraction of sp³-hybridized carbons (Fsp3) is 0.455. The summed E-state index contributed by atoms with van der Waals surface area (Å²) >= 11 is 7.92. The molecule has 100 valence electrons. The van der Waals surface area contributed by atoms with E-state index in [-0.39, 0.29) is 11.9 Å². The van der Waals surface area contributed by atoms with Gasteiger partial charge < -0.3 is 4.74 Å². The number of benzene rings is 1. The number of halogens is 2. The number of rotatable bonds is 4. The molecule has 1 saturated heterocycles. The van der Waals surface area contributed by atoms with E-state index in [9.17, 15) is 8.42 Å². The number of hydrogen-bond acceptors (Lipinski definition) is 4. The van der Waals surface area contributed by atoms with E-state index in [0.29, 0.717) is 16.3 Å². The standard InChI is InChI=1S/C11H12Cl2O3S2/c12-10-5-8(7-18(13,14)15)1-2-11(10)16-9-3-4-17-6-9/h1-2,5,9H,3-4,6-7H2. The van der Waals surface area contributed by atoms with Crippen LogP contribution in [0, 0.1) is 0 Å². The highest BCUT2D eigenvalue weighted by Gasteiger charge is 2.18. The molecule has 1 unspecified atom stereocenters. The predicted octanol–water partition coefficient (Wildman–Crippen LogP) is 3.29. The van der Waals surface area contributed by atoms with Crippen molar-refractivity contribution in [3.05, 3.63) is 28.8 Å². The van der Waals surface area contributed by atoms with Crippen molar-refractivity contribution in [2.45, 2.75) is 18.3 Å². The van der Waals surface area contributed by atoms with Gasteiger partial charge in [-0.15, -0.1) is 0 Å². The summed E-state index contributed by atoms with van der Waals surface area (Å²) in [5.74, 6) is 2.44. The molecular formula is C11H12Cl2O3S2. The first-order valence-corrected chi connectivity index (χ1v) is 9.40. The monoisotopic (exact) mass is 326 g/mol. The number of thioether (sulfide) groups is 1. The SMILES string of the molecule is O=S(=O)(Cl)Cc1ccc(OC2CCSC2)c(Cl)c1. The lowest BCUT2D eigenvalue weighted by Crippen LogP contribution is -2.15. The Morgan fingerprint density at radius 3 is 2.78 bits per heavy atom. The molecule has 1 aliphatic heterocycles. The molecule has 0 amide bonds. The Bertz CT molecular complexity index is 525. The highest BCUT2D eigenvalue weighted by molar-refractivity contribution is 8.13. The summed E-state index contributed by atoms with van der Waals surface area (Å²) in [5.41, 5.74) is 0.558. The Morgan fingerprint density at radius 2 is 2.22 bits per heavy atom. The zero-order valence-electron chi connectivity index (χ0n) is 9.43. The van der Waals surface area contributed by atoms with E-state index in [4.69, 9.17) is 27.0 Å². The van der Waals surface area contributed by atoms with Gasteiger partial charge in [0.1, 0.15) is 11.9 Å². The van der Waals surface area contributed by atoms with Crippen LogP contribution in [0.5, 0.6) is 5.75 Å². The van der Waals surface area contributed by atoms with Crippen LogP contribution in [-0.2, 0) is 14.8 Å². The van der Waals surface area contributed by atoms with Gasteiger partial charge in [0.2, 0.25) is 9.05 Å². The van der Waals surface area contributed by atoms with E-state index in [1.807, 2.05) is 11.8 Å². The van der Waals surface area contributed by atoms with Crippen LogP contribution < -0.4 is 4.74 Å². The molecule has 0 bridgehead atoms. The first kappa shape index (κ1) is 14.3. The molecular weight excluding hydrogens is 315 g/mol. The van der Waals surface area contributed by atoms with Gasteiger partial charge in [0, 0.05) is 16.4 Å². The normalized spacial score (nSPS) is 20.0. The van der Waals surface area contributed by atoms with E-state index in [1.54, 1.807) is 18.2 Å². The van der Waals surface area contributed by atoms with Crippen molar-refractivity contribution in [3.63, 3.8) is 0 Å². The second-order valence-electron chi connectivity index (χ2n) is 4.05. The molecule has 7 heteroatoms. The quantitative estimate of drug-likeness (QED) is 0.796. The summed E-state index contributed by atoms with van der Waals surface area (Å²) in [6, 6.07) is 4.95. The molecule has 1 aromatic carbocycles. The largest absolute Gasteiger partial charge is 0.488 e. The lowest BCUT2D eigenvalue weighted by atomic mass is 10.2. The van der Waals surface area contributed by atoms with Crippen LogP contribution in [0.3, 0.4) is 0 Å². The Labute approximate surface area is 120 Å². The van der Waals surface area contributed by atoms with E-state index in [0.717, 1.165) is 17.9 Å². The van der Waals surface area contributed by atoms with Crippen LogP contribution in [0.2, 0.25) is 5.02 Å². The second-order valence-corrected chi connectivity index (χ2v) is 8.39. The lowest BCUT2D eigenvalue weighted by Gasteiger charge is -2.14. The van der Waals surface area contributed by atoms with Crippen molar-refractivity contribution < 1.29 is 13.2 Å². The summed E-state index contributed by atoms with van der Waals surface area (Å²) in [6.07, 6.45) is 1.20. The third-order valence-electron chi connectivity index (χ3n) is 2.52. The first-order valence-electron chi connectivity index (χ1n) is 5.39. The molecule has 0 N–H and O–H groups in total. The molecule has 0 aromatic heterocycles. The minimum atomic E-state index is -3.56. The van der Waals surface area contributed by atoms with Crippen LogP contribution in [0.15, 0.2) is 18.2 Å². The van der Waals surface area contributed by atoms with Gasteiger partial charge in [-0.3, -0.25) is 0 Å². The van der Waals surface area contributed by atoms with Crippen molar-refractivity contribution >= 4 is 43.1 Å². The van der Waals surface area contributed by atoms with E-state index in [2.05, 4.69) is 0 Å². The Kier molecular flexibility index (Phi) is 4.69. The van der Waals surface area contributed by atoms with E-state index in [1.165, 1.54) is 0 Å². The molecule has 1 aliphatic rings. The van der Waals surface area contributed by atoms with Crippen molar-refractivity contribution in [2.24, 2.45) is 0 Å². The first-order chi connectivity index (χ1) is 8.44. The molecule has 1 atom stereocenters. The fourth-order valence-corrected chi connectivity index (χ4v) is 4.01.